The van der Waals surface area contributed by atoms with Gasteiger partial charge in [0.2, 0.25) is 0 Å². The highest BCUT2D eigenvalue weighted by Gasteiger charge is 2.25. The highest BCUT2D eigenvalue weighted by Crippen LogP contribution is 2.33. The Labute approximate surface area is 194 Å². The number of aromatic nitrogens is 1. The van der Waals surface area contributed by atoms with E-state index in [-0.39, 0.29) is 18.0 Å². The Bertz CT molecular complexity index is 1180. The van der Waals surface area contributed by atoms with Crippen molar-refractivity contribution in [3.05, 3.63) is 77.0 Å². The van der Waals surface area contributed by atoms with Gasteiger partial charge in [0.05, 0.1) is 5.88 Å². The van der Waals surface area contributed by atoms with Gasteiger partial charge in [-0.05, 0) is 53.7 Å². The zero-order chi connectivity index (χ0) is 23.2. The summed E-state index contributed by atoms with van der Waals surface area (Å²) >= 11 is -1.89. The SMILES string of the molecule is O=C(C=Cc1ccc2c(c1)CCC2NC(CNCS(=O)O)Cc1c[nH]c2ccccc12)NO. The van der Waals surface area contributed by atoms with Crippen molar-refractivity contribution in [3.63, 3.8) is 0 Å². The van der Waals surface area contributed by atoms with Gasteiger partial charge in [-0.3, -0.25) is 10.0 Å². The van der Waals surface area contributed by atoms with E-state index in [0.29, 0.717) is 6.54 Å². The van der Waals surface area contributed by atoms with Gasteiger partial charge in [-0.1, -0.05) is 36.4 Å². The van der Waals surface area contributed by atoms with Crippen molar-refractivity contribution in [2.75, 3.05) is 12.4 Å². The molecule has 1 amide bonds. The predicted octanol–water partition coefficient (Wildman–Crippen LogP) is 2.64. The molecule has 9 heteroatoms. The van der Waals surface area contributed by atoms with Crippen LogP contribution in [0.15, 0.2) is 54.7 Å². The van der Waals surface area contributed by atoms with Gasteiger partial charge in [0, 0.05) is 41.8 Å². The number of nitrogens with one attached hydrogen (secondary N) is 4. The maximum absolute atomic E-state index is 11.2. The van der Waals surface area contributed by atoms with Crippen LogP contribution in [0.1, 0.15) is 34.7 Å². The second-order valence-electron chi connectivity index (χ2n) is 8.21. The Kier molecular flexibility index (Phi) is 7.69. The van der Waals surface area contributed by atoms with Crippen LogP contribution in [0.2, 0.25) is 0 Å². The average molecular weight is 469 g/mol. The molecule has 33 heavy (non-hydrogen) atoms. The van der Waals surface area contributed by atoms with Crippen molar-refractivity contribution in [1.29, 1.82) is 0 Å². The number of aryl methyl sites for hydroxylation is 1. The summed E-state index contributed by atoms with van der Waals surface area (Å²) in [5.74, 6) is -0.531. The standard InChI is InChI=1S/C24H28N4O4S/c29-24(28-30)10-6-16-5-8-21-17(11-16)7-9-23(21)27-19(14-25-15-33(31)32)12-18-13-26-22-4-2-1-3-20(18)22/h1-6,8,10-11,13,19,23,25-27,30H,7,9,12,14-15H2,(H,28,29)(H,31,32). The van der Waals surface area contributed by atoms with Crippen LogP contribution in [0.4, 0.5) is 0 Å². The molecule has 3 aromatic rings. The van der Waals surface area contributed by atoms with E-state index in [4.69, 9.17) is 9.76 Å². The summed E-state index contributed by atoms with van der Waals surface area (Å²) in [6.45, 7) is 0.564. The van der Waals surface area contributed by atoms with Crippen LogP contribution < -0.4 is 16.1 Å². The zero-order valence-corrected chi connectivity index (χ0v) is 18.9. The smallest absolute Gasteiger partial charge is 0.267 e. The van der Waals surface area contributed by atoms with Gasteiger partial charge in [-0.15, -0.1) is 0 Å². The van der Waals surface area contributed by atoms with E-state index >= 15 is 0 Å². The lowest BCUT2D eigenvalue weighted by atomic mass is 10.0. The predicted molar refractivity (Wildman–Crippen MR) is 129 cm³/mol. The molecule has 4 rings (SSSR count). The van der Waals surface area contributed by atoms with Crippen LogP contribution in [0.25, 0.3) is 17.0 Å². The molecule has 1 aromatic heterocycles. The summed E-state index contributed by atoms with van der Waals surface area (Å²) in [6, 6.07) is 14.5. The fourth-order valence-corrected chi connectivity index (χ4v) is 4.78. The van der Waals surface area contributed by atoms with Crippen molar-refractivity contribution in [2.24, 2.45) is 0 Å². The molecule has 0 fully saturated rings. The zero-order valence-electron chi connectivity index (χ0n) is 18.1. The molecule has 6 N–H and O–H groups in total. The minimum Gasteiger partial charge on any atom is -0.361 e. The number of rotatable bonds is 10. The molecular formula is C24H28N4O4S. The summed E-state index contributed by atoms with van der Waals surface area (Å²) in [7, 11) is 0. The number of benzene rings is 2. The van der Waals surface area contributed by atoms with Crippen LogP contribution in [0, 0.1) is 0 Å². The van der Waals surface area contributed by atoms with Crippen molar-refractivity contribution in [2.45, 2.75) is 31.3 Å². The van der Waals surface area contributed by atoms with E-state index in [2.05, 4.69) is 39.9 Å². The molecule has 1 aliphatic rings. The van der Waals surface area contributed by atoms with E-state index in [1.807, 2.05) is 24.4 Å². The molecule has 1 heterocycles. The normalized spacial score (nSPS) is 17.3. The molecule has 174 valence electrons. The molecule has 8 nitrogen and oxygen atoms in total. The fraction of sp³-hybridized carbons (Fsp3) is 0.292. The van der Waals surface area contributed by atoms with Gasteiger partial charge >= 0.3 is 0 Å². The topological polar surface area (TPSA) is 126 Å². The largest absolute Gasteiger partial charge is 0.361 e. The third kappa shape index (κ3) is 5.95. The molecule has 1 aliphatic carbocycles. The summed E-state index contributed by atoms with van der Waals surface area (Å²) in [5, 5.41) is 16.7. The molecule has 0 aliphatic heterocycles. The van der Waals surface area contributed by atoms with E-state index in [1.165, 1.54) is 28.2 Å². The summed E-state index contributed by atoms with van der Waals surface area (Å²) in [6.07, 6.45) is 7.65. The van der Waals surface area contributed by atoms with Crippen LogP contribution >= 0.6 is 0 Å². The van der Waals surface area contributed by atoms with Gasteiger partial charge in [-0.2, -0.15) is 0 Å². The number of amides is 1. The van der Waals surface area contributed by atoms with E-state index < -0.39 is 17.0 Å². The van der Waals surface area contributed by atoms with Crippen molar-refractivity contribution >= 4 is 34.0 Å². The molecule has 0 bridgehead atoms. The maximum atomic E-state index is 11.2. The van der Waals surface area contributed by atoms with Crippen molar-refractivity contribution in [3.8, 4) is 0 Å². The molecule has 3 atom stereocenters. The number of hydroxylamine groups is 1. The Hall–Kier alpha value is -2.82. The quantitative estimate of drug-likeness (QED) is 0.118. The summed E-state index contributed by atoms with van der Waals surface area (Å²) in [4.78, 5) is 14.6. The Morgan fingerprint density at radius 1 is 1.27 bits per heavy atom. The Morgan fingerprint density at radius 3 is 2.94 bits per heavy atom. The molecule has 2 aromatic carbocycles. The highest BCUT2D eigenvalue weighted by atomic mass is 32.2. The summed E-state index contributed by atoms with van der Waals surface area (Å²) in [5.41, 5.74) is 7.25. The number of carbonyl (C=O) groups is 1. The number of carbonyl (C=O) groups excluding carboxylic acids is 1. The summed E-state index contributed by atoms with van der Waals surface area (Å²) < 4.78 is 20.2. The number of hydrogen-bond donors (Lipinski definition) is 6. The van der Waals surface area contributed by atoms with E-state index in [0.717, 1.165) is 30.3 Å². The second-order valence-corrected chi connectivity index (χ2v) is 9.14. The minimum atomic E-state index is -1.89. The minimum absolute atomic E-state index is 0.0322. The molecule has 0 saturated carbocycles. The fourth-order valence-electron chi connectivity index (χ4n) is 4.48. The molecule has 3 unspecified atom stereocenters. The number of aromatic amines is 1. The number of H-pyrrole nitrogens is 1. The molecule has 0 saturated heterocycles. The Balaban J connectivity index is 1.49. The first kappa shape index (κ1) is 23.3. The van der Waals surface area contributed by atoms with Gasteiger partial charge < -0.3 is 20.2 Å². The average Bonchev–Trinajstić information content (AvgIpc) is 3.41. The monoisotopic (exact) mass is 468 g/mol. The van der Waals surface area contributed by atoms with Crippen molar-refractivity contribution < 1.29 is 18.8 Å². The lowest BCUT2D eigenvalue weighted by molar-refractivity contribution is -0.124. The van der Waals surface area contributed by atoms with Crippen LogP contribution in [0.5, 0.6) is 0 Å². The number of hydrogen-bond acceptors (Lipinski definition) is 5. The third-order valence-corrected chi connectivity index (χ3v) is 6.43. The molecule has 0 radical (unpaired) electrons. The van der Waals surface area contributed by atoms with Gasteiger partial charge in [0.15, 0.2) is 11.1 Å². The highest BCUT2D eigenvalue weighted by molar-refractivity contribution is 7.79. The van der Waals surface area contributed by atoms with Crippen LogP contribution in [-0.4, -0.2) is 43.3 Å². The van der Waals surface area contributed by atoms with Crippen molar-refractivity contribution in [1.82, 2.24) is 21.1 Å². The first-order valence-electron chi connectivity index (χ1n) is 10.9. The number of fused-ring (bicyclic) bond motifs is 2. The maximum Gasteiger partial charge on any atom is 0.267 e. The van der Waals surface area contributed by atoms with Crippen LogP contribution in [-0.2, 0) is 28.7 Å². The van der Waals surface area contributed by atoms with E-state index in [1.54, 1.807) is 11.6 Å². The van der Waals surface area contributed by atoms with Crippen LogP contribution in [0.3, 0.4) is 0 Å². The number of para-hydroxylation sites is 1. The third-order valence-electron chi connectivity index (χ3n) is 5.98. The molecular weight excluding hydrogens is 440 g/mol. The van der Waals surface area contributed by atoms with E-state index in [9.17, 15) is 9.00 Å². The van der Waals surface area contributed by atoms with Gasteiger partial charge in [-0.25, -0.2) is 9.69 Å². The Morgan fingerprint density at radius 2 is 2.12 bits per heavy atom. The lowest BCUT2D eigenvalue weighted by Crippen LogP contribution is -2.42. The first-order chi connectivity index (χ1) is 16.0. The molecule has 0 spiro atoms. The second kappa shape index (κ2) is 10.9. The van der Waals surface area contributed by atoms with Gasteiger partial charge in [0.25, 0.3) is 5.91 Å². The lowest BCUT2D eigenvalue weighted by Gasteiger charge is -2.24. The van der Waals surface area contributed by atoms with Gasteiger partial charge in [0.1, 0.15) is 0 Å². The first-order valence-corrected chi connectivity index (χ1v) is 12.1.